The molecule has 0 unspecified atom stereocenters. The maximum atomic E-state index is 13.3. The van der Waals surface area contributed by atoms with E-state index in [0.29, 0.717) is 44.8 Å². The highest BCUT2D eigenvalue weighted by atomic mass is 16.5. The Balaban J connectivity index is 0.00000176. The molecule has 0 aliphatic carbocycles. The molecular weight excluding hydrogens is 410 g/mol. The Bertz CT molecular complexity index is 987. The maximum Gasteiger partial charge on any atom is 0.259 e. The SMILES string of the molecule is CC.COCC(COC)n1cc(C(=O)N2CCN(C(C)=O)CC2)c(=O)c2cc(C)ccc21. The van der Waals surface area contributed by atoms with Gasteiger partial charge in [0, 0.05) is 58.9 Å². The first-order valence-electron chi connectivity index (χ1n) is 11.1. The first-order chi connectivity index (χ1) is 15.4. The van der Waals surface area contributed by atoms with Crippen molar-refractivity contribution in [2.75, 3.05) is 53.6 Å². The van der Waals surface area contributed by atoms with E-state index in [1.807, 2.05) is 43.5 Å². The lowest BCUT2D eigenvalue weighted by molar-refractivity contribution is -0.130. The first-order valence-corrected chi connectivity index (χ1v) is 11.1. The number of carbonyl (C=O) groups excluding carboxylic acids is 2. The summed E-state index contributed by atoms with van der Waals surface area (Å²) in [4.78, 5) is 41.4. The Labute approximate surface area is 189 Å². The largest absolute Gasteiger partial charge is 0.382 e. The summed E-state index contributed by atoms with van der Waals surface area (Å²) in [6.45, 7) is 9.95. The van der Waals surface area contributed by atoms with Gasteiger partial charge < -0.3 is 23.8 Å². The van der Waals surface area contributed by atoms with Gasteiger partial charge in [0.2, 0.25) is 11.3 Å². The highest BCUT2D eigenvalue weighted by Crippen LogP contribution is 2.20. The van der Waals surface area contributed by atoms with Crippen LogP contribution in [0.1, 0.15) is 42.7 Å². The number of aryl methyl sites for hydroxylation is 1. The fraction of sp³-hybridized carbons (Fsp3) is 0.542. The quantitative estimate of drug-likeness (QED) is 0.682. The molecule has 176 valence electrons. The third-order valence-electron chi connectivity index (χ3n) is 5.54. The molecule has 0 N–H and O–H groups in total. The molecule has 1 aromatic carbocycles. The predicted molar refractivity (Wildman–Crippen MR) is 125 cm³/mol. The molecule has 2 amide bonds. The maximum absolute atomic E-state index is 13.3. The summed E-state index contributed by atoms with van der Waals surface area (Å²) >= 11 is 0. The van der Waals surface area contributed by atoms with Gasteiger partial charge in [0.15, 0.2) is 0 Å². The summed E-state index contributed by atoms with van der Waals surface area (Å²) in [6.07, 6.45) is 1.63. The first kappa shape index (κ1) is 25.5. The van der Waals surface area contributed by atoms with E-state index in [4.69, 9.17) is 9.47 Å². The normalized spacial score (nSPS) is 13.8. The molecule has 32 heavy (non-hydrogen) atoms. The second kappa shape index (κ2) is 11.8. The van der Waals surface area contributed by atoms with Crippen LogP contribution >= 0.6 is 0 Å². The number of hydrogen-bond acceptors (Lipinski definition) is 5. The highest BCUT2D eigenvalue weighted by Gasteiger charge is 2.27. The molecular formula is C24H35N3O5. The number of pyridine rings is 1. The number of methoxy groups -OCH3 is 2. The lowest BCUT2D eigenvalue weighted by atomic mass is 10.1. The molecule has 8 heteroatoms. The van der Waals surface area contributed by atoms with Gasteiger partial charge >= 0.3 is 0 Å². The molecule has 2 heterocycles. The zero-order valence-corrected chi connectivity index (χ0v) is 20.0. The number of piperazine rings is 1. The fourth-order valence-corrected chi connectivity index (χ4v) is 3.91. The van der Waals surface area contributed by atoms with Gasteiger partial charge in [-0.05, 0) is 19.1 Å². The number of carbonyl (C=O) groups is 2. The number of hydrogen-bond donors (Lipinski definition) is 0. The number of fused-ring (bicyclic) bond motifs is 1. The van der Waals surface area contributed by atoms with Gasteiger partial charge in [-0.25, -0.2) is 0 Å². The van der Waals surface area contributed by atoms with Crippen molar-refractivity contribution >= 4 is 22.7 Å². The summed E-state index contributed by atoms with van der Waals surface area (Å²) in [5.41, 5.74) is 1.53. The lowest BCUT2D eigenvalue weighted by Crippen LogP contribution is -2.50. The number of benzene rings is 1. The van der Waals surface area contributed by atoms with Crippen molar-refractivity contribution in [1.82, 2.24) is 14.4 Å². The zero-order chi connectivity index (χ0) is 23.8. The van der Waals surface area contributed by atoms with Crippen LogP contribution in [0.25, 0.3) is 10.9 Å². The van der Waals surface area contributed by atoms with Crippen LogP contribution in [0.2, 0.25) is 0 Å². The van der Waals surface area contributed by atoms with Gasteiger partial charge in [-0.3, -0.25) is 14.4 Å². The average molecular weight is 446 g/mol. The van der Waals surface area contributed by atoms with E-state index in [2.05, 4.69) is 0 Å². The highest BCUT2D eigenvalue weighted by molar-refractivity contribution is 5.97. The van der Waals surface area contributed by atoms with Crippen LogP contribution in [-0.4, -0.2) is 79.8 Å². The van der Waals surface area contributed by atoms with Crippen molar-refractivity contribution < 1.29 is 19.1 Å². The van der Waals surface area contributed by atoms with E-state index in [1.54, 1.807) is 30.2 Å². The predicted octanol–water partition coefficient (Wildman–Crippen LogP) is 2.47. The Morgan fingerprint density at radius 3 is 2.09 bits per heavy atom. The van der Waals surface area contributed by atoms with Gasteiger partial charge in [-0.15, -0.1) is 0 Å². The second-order valence-electron chi connectivity index (χ2n) is 7.66. The van der Waals surface area contributed by atoms with E-state index < -0.39 is 0 Å². The Morgan fingerprint density at radius 1 is 1.00 bits per heavy atom. The van der Waals surface area contributed by atoms with Gasteiger partial charge in [0.1, 0.15) is 5.56 Å². The zero-order valence-electron chi connectivity index (χ0n) is 20.0. The third-order valence-corrected chi connectivity index (χ3v) is 5.54. The lowest BCUT2D eigenvalue weighted by Gasteiger charge is -2.34. The molecule has 8 nitrogen and oxygen atoms in total. The summed E-state index contributed by atoms with van der Waals surface area (Å²) in [5, 5.41) is 0.500. The van der Waals surface area contributed by atoms with Crippen LogP contribution in [0.5, 0.6) is 0 Å². The van der Waals surface area contributed by atoms with E-state index in [1.165, 1.54) is 6.92 Å². The summed E-state index contributed by atoms with van der Waals surface area (Å²) in [5.74, 6) is -0.318. The number of amides is 2. The number of aromatic nitrogens is 1. The molecule has 1 aliphatic rings. The van der Waals surface area contributed by atoms with Crippen molar-refractivity contribution in [2.45, 2.75) is 33.7 Å². The molecule has 1 fully saturated rings. The monoisotopic (exact) mass is 445 g/mol. The van der Waals surface area contributed by atoms with Crippen LogP contribution in [-0.2, 0) is 14.3 Å². The fourth-order valence-electron chi connectivity index (χ4n) is 3.91. The van der Waals surface area contributed by atoms with E-state index in [-0.39, 0.29) is 28.8 Å². The van der Waals surface area contributed by atoms with Crippen molar-refractivity contribution in [3.05, 3.63) is 45.7 Å². The summed E-state index contributed by atoms with van der Waals surface area (Å²) in [6, 6.07) is 5.46. The molecule has 0 bridgehead atoms. The average Bonchev–Trinajstić information content (AvgIpc) is 2.80. The topological polar surface area (TPSA) is 81.1 Å². The number of ether oxygens (including phenoxy) is 2. The van der Waals surface area contributed by atoms with Crippen LogP contribution < -0.4 is 5.43 Å². The van der Waals surface area contributed by atoms with Gasteiger partial charge in [-0.2, -0.15) is 0 Å². The minimum atomic E-state index is -0.311. The molecule has 1 aromatic heterocycles. The van der Waals surface area contributed by atoms with E-state index in [0.717, 1.165) is 11.1 Å². The van der Waals surface area contributed by atoms with Crippen LogP contribution in [0.15, 0.2) is 29.2 Å². The Morgan fingerprint density at radius 2 is 1.56 bits per heavy atom. The second-order valence-corrected chi connectivity index (χ2v) is 7.66. The Kier molecular flexibility index (Phi) is 9.41. The van der Waals surface area contributed by atoms with E-state index >= 15 is 0 Å². The van der Waals surface area contributed by atoms with Gasteiger partial charge in [-0.1, -0.05) is 25.5 Å². The minimum Gasteiger partial charge on any atom is -0.382 e. The third kappa shape index (κ3) is 5.55. The van der Waals surface area contributed by atoms with Crippen molar-refractivity contribution in [3.8, 4) is 0 Å². The minimum absolute atomic E-state index is 0.00684. The molecule has 1 saturated heterocycles. The molecule has 0 spiro atoms. The van der Waals surface area contributed by atoms with Gasteiger partial charge in [0.05, 0.1) is 24.8 Å². The van der Waals surface area contributed by atoms with Crippen LogP contribution in [0, 0.1) is 6.92 Å². The standard InChI is InChI=1S/C22H29N3O5.C2H6/c1-15-5-6-20-18(11-15)21(27)19(12-25(20)17(13-29-3)14-30-4)22(28)24-9-7-23(8-10-24)16(2)26;1-2/h5-6,11-12,17H,7-10,13-14H2,1-4H3;1-2H3. The van der Waals surface area contributed by atoms with E-state index in [9.17, 15) is 14.4 Å². The summed E-state index contributed by atoms with van der Waals surface area (Å²) in [7, 11) is 3.22. The smallest absolute Gasteiger partial charge is 0.259 e. The summed E-state index contributed by atoms with van der Waals surface area (Å²) < 4.78 is 12.6. The molecule has 2 aromatic rings. The molecule has 3 rings (SSSR count). The molecule has 0 radical (unpaired) electrons. The van der Waals surface area contributed by atoms with Gasteiger partial charge in [0.25, 0.3) is 5.91 Å². The number of nitrogens with zero attached hydrogens (tertiary/aromatic N) is 3. The molecule has 0 atom stereocenters. The van der Waals surface area contributed by atoms with Crippen LogP contribution in [0.3, 0.4) is 0 Å². The molecule has 1 aliphatic heterocycles. The molecule has 0 saturated carbocycles. The van der Waals surface area contributed by atoms with Crippen molar-refractivity contribution in [2.24, 2.45) is 0 Å². The number of rotatable bonds is 6. The van der Waals surface area contributed by atoms with Crippen molar-refractivity contribution in [1.29, 1.82) is 0 Å². The Hall–Kier alpha value is -2.71. The van der Waals surface area contributed by atoms with Crippen molar-refractivity contribution in [3.63, 3.8) is 0 Å². The van der Waals surface area contributed by atoms with Crippen LogP contribution in [0.4, 0.5) is 0 Å².